The summed E-state index contributed by atoms with van der Waals surface area (Å²) in [5, 5.41) is 8.98. The van der Waals surface area contributed by atoms with E-state index < -0.39 is 104 Å². The molecule has 2 aliphatic carbocycles. The molecule has 0 saturated carbocycles. The Kier molecular flexibility index (Phi) is 34.4. The van der Waals surface area contributed by atoms with E-state index in [4.69, 9.17) is 98.3 Å². The first kappa shape index (κ1) is 84.1. The van der Waals surface area contributed by atoms with Crippen molar-refractivity contribution in [2.45, 2.75) is 89.9 Å². The van der Waals surface area contributed by atoms with Gasteiger partial charge in [0.15, 0.2) is 0 Å². The number of halogens is 1. The molecule has 0 N–H and O–H groups in total. The molecule has 4 aromatic carbocycles. The van der Waals surface area contributed by atoms with Crippen LogP contribution in [0.25, 0.3) is 28.3 Å². The van der Waals surface area contributed by atoms with Crippen molar-refractivity contribution in [3.05, 3.63) is 223 Å². The van der Waals surface area contributed by atoms with Crippen molar-refractivity contribution in [2.24, 2.45) is 10.3 Å². The smallest absolute Gasteiger partial charge is 0.411 e. The third-order valence-corrected chi connectivity index (χ3v) is 15.3. The van der Waals surface area contributed by atoms with E-state index in [1.807, 2.05) is 66.7 Å². The summed E-state index contributed by atoms with van der Waals surface area (Å²) in [5.74, 6) is -1.01. The molecule has 2 aliphatic heterocycles. The third-order valence-electron chi connectivity index (χ3n) is 14.8. The van der Waals surface area contributed by atoms with Gasteiger partial charge in [-0.15, -0.1) is 0 Å². The number of hydrogen-bond acceptors (Lipinski definition) is 12. The number of nitrogens with zero attached hydrogens (tertiary/aromatic N) is 4. The average Bonchev–Trinajstić information content (AvgIpc) is 1.62. The molecule has 0 unspecified atom stereocenters. The molecule has 4 atom stereocenters. The van der Waals surface area contributed by atoms with Crippen molar-refractivity contribution in [3.63, 3.8) is 0 Å². The first-order chi connectivity index (χ1) is 47.0. The van der Waals surface area contributed by atoms with Gasteiger partial charge in [-0.05, 0) is 175 Å². The minimum absolute atomic E-state index is 0. The van der Waals surface area contributed by atoms with Gasteiger partial charge in [0.1, 0.15) is 46.9 Å². The largest absolute Gasteiger partial charge is 0.467 e. The number of hydrogen-bond donors (Lipinski definition) is 0. The van der Waals surface area contributed by atoms with Crippen LogP contribution < -0.4 is 0 Å². The minimum Gasteiger partial charge on any atom is -0.467 e. The van der Waals surface area contributed by atoms with Crippen molar-refractivity contribution in [3.8, 4) is 22.3 Å². The van der Waals surface area contributed by atoms with Gasteiger partial charge in [0.2, 0.25) is 0 Å². The number of carbonyl (C=O) groups excluding carboxylic acids is 4. The predicted octanol–water partition coefficient (Wildman–Crippen LogP) is 6.03. The van der Waals surface area contributed by atoms with Crippen LogP contribution in [0.5, 0.6) is 0 Å². The Hall–Kier alpha value is -8.27. The van der Waals surface area contributed by atoms with E-state index in [0.717, 1.165) is 66.0 Å². The molecule has 4 aromatic rings. The molecular weight excluding hydrogens is 1390 g/mol. The molecule has 0 aromatic heterocycles. The fourth-order valence-corrected chi connectivity index (χ4v) is 11.0. The molecule has 19 radical (unpaired) electrons. The quantitative estimate of drug-likeness (QED) is 0.0415. The molecule has 4 aliphatic rings. The van der Waals surface area contributed by atoms with E-state index in [2.05, 4.69) is 150 Å². The minimum atomic E-state index is -0.796. The fourth-order valence-electron chi connectivity index (χ4n) is 10.7. The molecule has 473 valence electrons. The second kappa shape index (κ2) is 40.8. The number of methoxy groups -OCH3 is 2. The van der Waals surface area contributed by atoms with Crippen LogP contribution in [-0.4, -0.2) is 230 Å². The standard InChI is InChI=1S/C26H28N2O5.C24H25BrN2O5.C17H4.B17.Pd/c1-6-16-11-12-19-18-9-7-8-10-20(18)23(21(19)13-16)27-33-17-14-22(24(29)31-5)28(15-17)25(30)32-26(2,3)4;1-24(2,3)31-23(29)27-13-15(12-20(27)22(28)30-4)32-26-21-18-8-6-5-7-16(18)17-10-9-14(25)11-19(17)21;1-3-5-7-9-11-13-15-17-16-14-12-10-8-6-4-2;1-10-15(11(2)3)17(14(8)9)16(12(4)5)13(6)7;/h6-13,17,22H,1,14-15H2,2-5H3;5-11,15,20H,12-13H2,1-4H3;1-2H2;;/t17-,22+;15-,20+;;;/m11.../s1. The van der Waals surface area contributed by atoms with Crippen molar-refractivity contribution in [1.29, 1.82) is 0 Å². The number of amides is 2. The normalized spacial score (nSPS) is 15.4. The number of benzene rings is 4. The topological polar surface area (TPSA) is 155 Å². The van der Waals surface area contributed by atoms with E-state index in [1.54, 1.807) is 47.6 Å². The summed E-state index contributed by atoms with van der Waals surface area (Å²) in [6.07, 6.45) is -4.43. The fraction of sp³-hybridized carbons (Fsp3) is 0.269. The maximum absolute atomic E-state index is 12.7. The summed E-state index contributed by atoms with van der Waals surface area (Å²) in [4.78, 5) is 64.5. The van der Waals surface area contributed by atoms with Crippen LogP contribution in [0.1, 0.15) is 82.2 Å². The number of fused-ring (bicyclic) bond motifs is 6. The van der Waals surface area contributed by atoms with Gasteiger partial charge in [0, 0.05) is 181 Å². The van der Waals surface area contributed by atoms with Gasteiger partial charge < -0.3 is 28.6 Å². The molecule has 2 fully saturated rings. The molecule has 0 bridgehead atoms. The Morgan fingerprint density at radius 3 is 1.21 bits per heavy atom. The van der Waals surface area contributed by atoms with Gasteiger partial charge in [0.25, 0.3) is 0 Å². The van der Waals surface area contributed by atoms with E-state index in [0.29, 0.717) is 0 Å². The Morgan fingerprint density at radius 1 is 0.530 bits per heavy atom. The summed E-state index contributed by atoms with van der Waals surface area (Å²) >= 11 is 3.53. The van der Waals surface area contributed by atoms with Gasteiger partial charge >= 0.3 is 24.1 Å². The van der Waals surface area contributed by atoms with E-state index >= 15 is 0 Å². The first-order valence-electron chi connectivity index (χ1n) is 30.8. The summed E-state index contributed by atoms with van der Waals surface area (Å²) in [7, 11) is 54.6. The summed E-state index contributed by atoms with van der Waals surface area (Å²) < 4.78 is 21.7. The average molecular weight is 1450 g/mol. The number of oxime groups is 2. The predicted molar refractivity (Wildman–Crippen MR) is 411 cm³/mol. The van der Waals surface area contributed by atoms with E-state index in [-0.39, 0.29) is 46.4 Å². The monoisotopic (exact) mass is 1450 g/mol. The van der Waals surface area contributed by atoms with E-state index in [9.17, 15) is 19.2 Å². The van der Waals surface area contributed by atoms with Gasteiger partial charge in [-0.25, -0.2) is 19.2 Å². The van der Waals surface area contributed by atoms with Crippen molar-refractivity contribution >= 4 is 179 Å². The van der Waals surface area contributed by atoms with Gasteiger partial charge in [-0.1, -0.05) is 117 Å². The molecule has 14 nitrogen and oxygen atoms in total. The maximum atomic E-state index is 12.7. The number of ether oxygens (including phenoxy) is 4. The maximum Gasteiger partial charge on any atom is 0.411 e. The Morgan fingerprint density at radius 2 is 0.880 bits per heavy atom. The number of carbonyl (C=O) groups is 4. The zero-order chi connectivity index (χ0) is 73.1. The second-order valence-electron chi connectivity index (χ2n) is 24.2. The van der Waals surface area contributed by atoms with Crippen molar-refractivity contribution < 1.29 is 68.2 Å². The third kappa shape index (κ3) is 24.5. The summed E-state index contributed by atoms with van der Waals surface area (Å²) in [6.45, 7) is 21.5. The van der Waals surface area contributed by atoms with E-state index in [1.165, 1.54) is 31.1 Å². The molecule has 100 heavy (non-hydrogen) atoms. The second-order valence-corrected chi connectivity index (χ2v) is 25.1. The van der Waals surface area contributed by atoms with Gasteiger partial charge in [-0.2, -0.15) is 0 Å². The first-order valence-corrected chi connectivity index (χ1v) is 31.6. The molecule has 2 saturated heterocycles. The van der Waals surface area contributed by atoms with Crippen LogP contribution >= 0.6 is 15.9 Å². The van der Waals surface area contributed by atoms with Crippen LogP contribution in [0.3, 0.4) is 0 Å². The molecule has 2 heterocycles. The SMILES string of the molecule is C=C=C=C=C=C=C=C=C=C=C=C=C=C=C=C=C.C=Cc1ccc2c(c1)C(=NO[C@@H]1C[C@@H](C(=O)OC)N(C(=O)OC(C)(C)C)C1)c1ccccc1-2.COC(=O)[C@@H]1C[C@@H](ON=C2c3ccccc3-c3ccc(Br)cc32)CN1C(=O)OC(C)(C)C.[B][B]B(B([B])[B])B(B([B])[B])B(B([B])[B])B([B])[B].[Pd]. The Labute approximate surface area is 625 Å². The Balaban J connectivity index is 0.000000296. The molecule has 33 heteroatoms. The van der Waals surface area contributed by atoms with Crippen LogP contribution in [-0.2, 0) is 58.6 Å². The number of esters is 2. The summed E-state index contributed by atoms with van der Waals surface area (Å²) in [5.41, 5.74) is 46.2. The molecule has 2 amide bonds. The van der Waals surface area contributed by atoms with Gasteiger partial charge in [-0.3, -0.25) is 9.80 Å². The van der Waals surface area contributed by atoms with Crippen molar-refractivity contribution in [1.82, 2.24) is 9.80 Å². The van der Waals surface area contributed by atoms with Crippen molar-refractivity contribution in [2.75, 3.05) is 27.3 Å². The van der Waals surface area contributed by atoms with Crippen LogP contribution in [0.4, 0.5) is 9.59 Å². The van der Waals surface area contributed by atoms with Gasteiger partial charge in [0.05, 0.1) is 27.3 Å². The molecular formula is C67H57B17BrN4O10Pd. The molecule has 8 rings (SSSR count). The molecule has 0 spiro atoms. The zero-order valence-electron chi connectivity index (χ0n) is 56.8. The zero-order valence-corrected chi connectivity index (χ0v) is 59.9. The number of likely N-dealkylation sites (tertiary alicyclic amines) is 2. The van der Waals surface area contributed by atoms with Crippen LogP contribution in [0, 0.1) is 0 Å². The van der Waals surface area contributed by atoms with Crippen LogP contribution in [0.2, 0.25) is 0 Å². The number of rotatable bonds is 14. The van der Waals surface area contributed by atoms with Crippen LogP contribution in [0.15, 0.2) is 205 Å². The summed E-state index contributed by atoms with van der Waals surface area (Å²) in [6, 6.07) is 26.6. The Bertz CT molecular complexity index is 4260.